The molecule has 6 nitrogen and oxygen atoms in total. The second-order valence-electron chi connectivity index (χ2n) is 6.90. The van der Waals surface area contributed by atoms with Crippen molar-refractivity contribution in [2.45, 2.75) is 13.0 Å². The lowest BCUT2D eigenvalue weighted by atomic mass is 10.0. The Morgan fingerprint density at radius 2 is 2.03 bits per heavy atom. The van der Waals surface area contributed by atoms with Gasteiger partial charge in [0.1, 0.15) is 0 Å². The van der Waals surface area contributed by atoms with Crippen LogP contribution in [0.15, 0.2) is 60.9 Å². The molecule has 0 saturated heterocycles. The van der Waals surface area contributed by atoms with E-state index in [1.165, 1.54) is 0 Å². The van der Waals surface area contributed by atoms with Gasteiger partial charge in [0.2, 0.25) is 5.78 Å². The predicted octanol–water partition coefficient (Wildman–Crippen LogP) is 4.80. The van der Waals surface area contributed by atoms with E-state index in [9.17, 15) is 14.7 Å². The summed E-state index contributed by atoms with van der Waals surface area (Å²) in [6.07, 6.45) is 4.55. The Bertz CT molecular complexity index is 1230. The Balaban J connectivity index is 1.90. The van der Waals surface area contributed by atoms with Crippen LogP contribution >= 0.6 is 11.6 Å². The number of anilines is 2. The SMILES string of the molecule is O=CC(=O)c1[nH]cc(Nc2cccc(Cl)c2)c1-c1cn(CCCO)c2ccccc12. The topological polar surface area (TPSA) is 87.1 Å². The molecule has 0 bridgehead atoms. The van der Waals surface area contributed by atoms with Crippen molar-refractivity contribution in [3.8, 4) is 11.1 Å². The molecule has 0 radical (unpaired) electrons. The molecule has 0 saturated carbocycles. The first-order valence-corrected chi connectivity index (χ1v) is 9.92. The molecule has 3 N–H and O–H groups in total. The molecule has 7 heteroatoms. The zero-order chi connectivity index (χ0) is 21.1. The maximum Gasteiger partial charge on any atom is 0.242 e. The number of carbonyl (C=O) groups excluding carboxylic acids is 2. The molecule has 30 heavy (non-hydrogen) atoms. The summed E-state index contributed by atoms with van der Waals surface area (Å²) < 4.78 is 2.05. The van der Waals surface area contributed by atoms with Crippen molar-refractivity contribution >= 4 is 45.9 Å². The Morgan fingerprint density at radius 1 is 1.20 bits per heavy atom. The van der Waals surface area contributed by atoms with E-state index in [4.69, 9.17) is 11.6 Å². The molecule has 0 amide bonds. The highest BCUT2D eigenvalue weighted by molar-refractivity contribution is 6.35. The fourth-order valence-electron chi connectivity index (χ4n) is 3.65. The van der Waals surface area contributed by atoms with Gasteiger partial charge < -0.3 is 20.0 Å². The Morgan fingerprint density at radius 3 is 2.80 bits per heavy atom. The first-order valence-electron chi connectivity index (χ1n) is 9.55. The van der Waals surface area contributed by atoms with Gasteiger partial charge in [0, 0.05) is 58.3 Å². The van der Waals surface area contributed by atoms with Crippen LogP contribution in [0.5, 0.6) is 0 Å². The van der Waals surface area contributed by atoms with Crippen LogP contribution in [-0.2, 0) is 11.3 Å². The van der Waals surface area contributed by atoms with Gasteiger partial charge in [-0.25, -0.2) is 0 Å². The lowest BCUT2D eigenvalue weighted by molar-refractivity contribution is -0.104. The summed E-state index contributed by atoms with van der Waals surface area (Å²) in [5, 5.41) is 14.1. The molecular formula is C23H20ClN3O3. The van der Waals surface area contributed by atoms with Crippen LogP contribution in [0.3, 0.4) is 0 Å². The molecule has 0 aliphatic rings. The fraction of sp³-hybridized carbons (Fsp3) is 0.130. The lowest BCUT2D eigenvalue weighted by Gasteiger charge is -2.09. The second kappa shape index (κ2) is 8.57. The number of benzene rings is 2. The molecular weight excluding hydrogens is 402 g/mol. The number of aliphatic hydroxyl groups is 1. The average Bonchev–Trinajstić information content (AvgIpc) is 3.33. The number of aliphatic hydroxyl groups excluding tert-OH is 1. The molecule has 0 aliphatic heterocycles. The van der Waals surface area contributed by atoms with Gasteiger partial charge in [-0.15, -0.1) is 0 Å². The summed E-state index contributed by atoms with van der Waals surface area (Å²) in [7, 11) is 0. The lowest BCUT2D eigenvalue weighted by Crippen LogP contribution is -2.03. The number of fused-ring (bicyclic) bond motifs is 1. The number of hydrogen-bond donors (Lipinski definition) is 3. The second-order valence-corrected chi connectivity index (χ2v) is 7.34. The minimum Gasteiger partial charge on any atom is -0.396 e. The van der Waals surface area contributed by atoms with E-state index in [2.05, 4.69) is 10.3 Å². The Hall–Kier alpha value is -3.35. The standard InChI is InChI=1S/C23H20ClN3O3/c24-15-5-3-6-16(11-15)26-19-12-25-23(21(30)14-29)22(19)18-13-27(9-4-10-28)20-8-2-1-7-17(18)20/h1-3,5-8,11-14,25-26,28H,4,9-10H2. The number of aromatic amines is 1. The minimum atomic E-state index is -0.628. The average molecular weight is 422 g/mol. The molecule has 0 atom stereocenters. The highest BCUT2D eigenvalue weighted by Crippen LogP contribution is 2.39. The summed E-state index contributed by atoms with van der Waals surface area (Å²) in [6.45, 7) is 0.720. The van der Waals surface area contributed by atoms with Crippen LogP contribution in [0.2, 0.25) is 5.02 Å². The van der Waals surface area contributed by atoms with Gasteiger partial charge in [-0.1, -0.05) is 35.9 Å². The molecule has 2 aromatic carbocycles. The van der Waals surface area contributed by atoms with Gasteiger partial charge >= 0.3 is 0 Å². The highest BCUT2D eigenvalue weighted by Gasteiger charge is 2.22. The van der Waals surface area contributed by atoms with Crippen molar-refractivity contribution in [3.05, 3.63) is 71.6 Å². The van der Waals surface area contributed by atoms with Crippen LogP contribution in [0.25, 0.3) is 22.0 Å². The van der Waals surface area contributed by atoms with Gasteiger partial charge in [0.05, 0.1) is 11.4 Å². The number of H-pyrrole nitrogens is 1. The van der Waals surface area contributed by atoms with Crippen molar-refractivity contribution < 1.29 is 14.7 Å². The van der Waals surface area contributed by atoms with E-state index in [-0.39, 0.29) is 12.3 Å². The van der Waals surface area contributed by atoms with Gasteiger partial charge in [-0.3, -0.25) is 9.59 Å². The number of nitrogens with one attached hydrogen (secondary N) is 2. The quantitative estimate of drug-likeness (QED) is 0.217. The Labute approximate surface area is 178 Å². The number of aryl methyl sites for hydroxylation is 1. The molecule has 4 aromatic rings. The Kier molecular flexibility index (Phi) is 5.70. The van der Waals surface area contributed by atoms with Crippen molar-refractivity contribution in [2.75, 3.05) is 11.9 Å². The monoisotopic (exact) mass is 421 g/mol. The molecule has 2 heterocycles. The largest absolute Gasteiger partial charge is 0.396 e. The van der Waals surface area contributed by atoms with Crippen molar-refractivity contribution in [2.24, 2.45) is 0 Å². The molecule has 0 aliphatic carbocycles. The molecule has 0 unspecified atom stereocenters. The molecule has 0 spiro atoms. The normalized spacial score (nSPS) is 11.0. The summed E-state index contributed by atoms with van der Waals surface area (Å²) >= 11 is 6.10. The number of carbonyl (C=O) groups is 2. The van der Waals surface area contributed by atoms with Crippen molar-refractivity contribution in [3.63, 3.8) is 0 Å². The van der Waals surface area contributed by atoms with Crippen LogP contribution in [-0.4, -0.2) is 33.3 Å². The number of aromatic nitrogens is 2. The predicted molar refractivity (Wildman–Crippen MR) is 119 cm³/mol. The number of nitrogens with zero attached hydrogens (tertiary/aromatic N) is 1. The maximum absolute atomic E-state index is 12.4. The number of rotatable bonds is 8. The number of ketones is 1. The molecule has 4 rings (SSSR count). The van der Waals surface area contributed by atoms with Crippen molar-refractivity contribution in [1.82, 2.24) is 9.55 Å². The van der Waals surface area contributed by atoms with E-state index >= 15 is 0 Å². The van der Waals surface area contributed by atoms with Crippen LogP contribution in [0.4, 0.5) is 11.4 Å². The zero-order valence-corrected chi connectivity index (χ0v) is 16.8. The van der Waals surface area contributed by atoms with Gasteiger partial charge in [-0.2, -0.15) is 0 Å². The van der Waals surface area contributed by atoms with Gasteiger partial charge in [0.15, 0.2) is 6.29 Å². The molecule has 0 fully saturated rings. The van der Waals surface area contributed by atoms with Crippen LogP contribution in [0, 0.1) is 0 Å². The van der Waals surface area contributed by atoms with Crippen molar-refractivity contribution in [1.29, 1.82) is 0 Å². The maximum atomic E-state index is 12.4. The highest BCUT2D eigenvalue weighted by atomic mass is 35.5. The third kappa shape index (κ3) is 3.75. The first kappa shape index (κ1) is 19.9. The minimum absolute atomic E-state index is 0.0858. The van der Waals surface area contributed by atoms with Gasteiger partial charge in [0.25, 0.3) is 0 Å². The first-order chi connectivity index (χ1) is 14.6. The third-order valence-corrected chi connectivity index (χ3v) is 5.19. The smallest absolute Gasteiger partial charge is 0.242 e. The zero-order valence-electron chi connectivity index (χ0n) is 16.1. The summed E-state index contributed by atoms with van der Waals surface area (Å²) in [6, 6.07) is 15.1. The van der Waals surface area contributed by atoms with Crippen LogP contribution < -0.4 is 5.32 Å². The molecule has 152 valence electrons. The van der Waals surface area contributed by atoms with E-state index in [1.54, 1.807) is 18.3 Å². The number of Topliss-reactive ketones (excluding diaryl/α,β-unsaturated/α-hetero) is 1. The number of halogens is 1. The van der Waals surface area contributed by atoms with E-state index < -0.39 is 5.78 Å². The molecule has 2 aromatic heterocycles. The number of para-hydroxylation sites is 1. The number of hydrogen-bond acceptors (Lipinski definition) is 4. The summed E-state index contributed by atoms with van der Waals surface area (Å²) in [5.41, 5.74) is 4.06. The fourth-order valence-corrected chi connectivity index (χ4v) is 3.84. The number of aldehydes is 1. The third-order valence-electron chi connectivity index (χ3n) is 4.95. The van der Waals surface area contributed by atoms with E-state index in [1.807, 2.05) is 47.2 Å². The van der Waals surface area contributed by atoms with E-state index in [0.717, 1.165) is 22.2 Å². The summed E-state index contributed by atoms with van der Waals surface area (Å²) in [4.78, 5) is 26.6. The van der Waals surface area contributed by atoms with Gasteiger partial charge in [-0.05, 0) is 30.7 Å². The summed E-state index contributed by atoms with van der Waals surface area (Å²) in [5.74, 6) is -0.628. The van der Waals surface area contributed by atoms with Crippen LogP contribution in [0.1, 0.15) is 16.9 Å². The van der Waals surface area contributed by atoms with E-state index in [0.29, 0.717) is 35.5 Å².